The molecule has 1 aromatic heterocycles. The molecule has 5 nitrogen and oxygen atoms in total. The zero-order chi connectivity index (χ0) is 14.3. The maximum absolute atomic E-state index is 11.5. The SMILES string of the molecule is CCn1c(C2Cc3ccccc3C2)nnc1S(=O)(=O)Cl. The lowest BCUT2D eigenvalue weighted by Gasteiger charge is -2.10. The second-order valence-electron chi connectivity index (χ2n) is 4.90. The molecular weight excluding hydrogens is 298 g/mol. The molecule has 0 atom stereocenters. The lowest BCUT2D eigenvalue weighted by atomic mass is 10.1. The van der Waals surface area contributed by atoms with E-state index < -0.39 is 9.05 Å². The first-order valence-corrected chi connectivity index (χ1v) is 8.76. The molecule has 0 saturated heterocycles. The fourth-order valence-corrected chi connectivity index (χ4v) is 3.79. The highest BCUT2D eigenvalue weighted by molar-refractivity contribution is 8.13. The molecule has 0 amide bonds. The molecule has 20 heavy (non-hydrogen) atoms. The van der Waals surface area contributed by atoms with Gasteiger partial charge in [0.05, 0.1) is 0 Å². The summed E-state index contributed by atoms with van der Waals surface area (Å²) < 4.78 is 24.6. The van der Waals surface area contributed by atoms with E-state index >= 15 is 0 Å². The summed E-state index contributed by atoms with van der Waals surface area (Å²) in [5, 5.41) is 7.67. The fraction of sp³-hybridized carbons (Fsp3) is 0.385. The molecule has 0 saturated carbocycles. The van der Waals surface area contributed by atoms with Crippen molar-refractivity contribution in [1.29, 1.82) is 0 Å². The van der Waals surface area contributed by atoms with Gasteiger partial charge in [-0.2, -0.15) is 0 Å². The van der Waals surface area contributed by atoms with E-state index in [0.29, 0.717) is 12.4 Å². The molecule has 106 valence electrons. The van der Waals surface area contributed by atoms with Crippen LogP contribution in [-0.2, 0) is 28.4 Å². The summed E-state index contributed by atoms with van der Waals surface area (Å²) in [6, 6.07) is 8.23. The Hall–Kier alpha value is -1.40. The zero-order valence-electron chi connectivity index (χ0n) is 11.0. The molecular formula is C13H14ClN3O2S. The van der Waals surface area contributed by atoms with Gasteiger partial charge in [-0.3, -0.25) is 0 Å². The van der Waals surface area contributed by atoms with Crippen molar-refractivity contribution in [3.63, 3.8) is 0 Å². The Labute approximate surface area is 122 Å². The van der Waals surface area contributed by atoms with Gasteiger partial charge in [-0.15, -0.1) is 10.2 Å². The number of nitrogens with zero attached hydrogens (tertiary/aromatic N) is 3. The van der Waals surface area contributed by atoms with Crippen LogP contribution in [0.15, 0.2) is 29.4 Å². The fourth-order valence-electron chi connectivity index (χ4n) is 2.82. The smallest absolute Gasteiger partial charge is 0.296 e. The second-order valence-corrected chi connectivity index (χ2v) is 7.36. The van der Waals surface area contributed by atoms with Crippen LogP contribution < -0.4 is 0 Å². The lowest BCUT2D eigenvalue weighted by Crippen LogP contribution is -2.12. The van der Waals surface area contributed by atoms with Gasteiger partial charge in [0.2, 0.25) is 0 Å². The molecule has 3 rings (SSSR count). The largest absolute Gasteiger partial charge is 0.301 e. The third-order valence-electron chi connectivity index (χ3n) is 3.70. The van der Waals surface area contributed by atoms with E-state index in [1.54, 1.807) is 4.57 Å². The van der Waals surface area contributed by atoms with Crippen LogP contribution >= 0.6 is 10.7 Å². The molecule has 1 aromatic carbocycles. The number of hydrogen-bond donors (Lipinski definition) is 0. The summed E-state index contributed by atoms with van der Waals surface area (Å²) in [7, 11) is 1.54. The van der Waals surface area contributed by atoms with Crippen LogP contribution in [0, 0.1) is 0 Å². The first-order chi connectivity index (χ1) is 9.50. The Morgan fingerprint density at radius 3 is 2.35 bits per heavy atom. The summed E-state index contributed by atoms with van der Waals surface area (Å²) in [6.45, 7) is 2.34. The molecule has 1 heterocycles. The Bertz CT molecular complexity index is 730. The normalized spacial score (nSPS) is 15.5. The third kappa shape index (κ3) is 2.23. The average molecular weight is 312 g/mol. The van der Waals surface area contributed by atoms with E-state index in [1.807, 2.05) is 19.1 Å². The van der Waals surface area contributed by atoms with Crippen LogP contribution in [0.4, 0.5) is 0 Å². The van der Waals surface area contributed by atoms with E-state index in [9.17, 15) is 8.42 Å². The van der Waals surface area contributed by atoms with Gasteiger partial charge in [-0.1, -0.05) is 24.3 Å². The molecule has 2 aromatic rings. The van der Waals surface area contributed by atoms with Gasteiger partial charge in [0.25, 0.3) is 14.2 Å². The maximum atomic E-state index is 11.5. The highest BCUT2D eigenvalue weighted by Crippen LogP contribution is 2.33. The van der Waals surface area contributed by atoms with Gasteiger partial charge in [0, 0.05) is 23.1 Å². The van der Waals surface area contributed by atoms with Gasteiger partial charge in [0.1, 0.15) is 5.82 Å². The first-order valence-electron chi connectivity index (χ1n) is 6.45. The van der Waals surface area contributed by atoms with Crippen molar-refractivity contribution in [2.24, 2.45) is 0 Å². The highest BCUT2D eigenvalue weighted by atomic mass is 35.7. The van der Waals surface area contributed by atoms with Gasteiger partial charge < -0.3 is 4.57 Å². The quantitative estimate of drug-likeness (QED) is 0.814. The van der Waals surface area contributed by atoms with Gasteiger partial charge in [-0.05, 0) is 30.9 Å². The van der Waals surface area contributed by atoms with E-state index in [0.717, 1.165) is 12.8 Å². The number of aromatic nitrogens is 3. The first kappa shape index (κ1) is 13.6. The number of hydrogen-bond acceptors (Lipinski definition) is 4. The molecule has 1 aliphatic rings. The van der Waals surface area contributed by atoms with Crippen LogP contribution in [0.2, 0.25) is 0 Å². The van der Waals surface area contributed by atoms with Crippen molar-refractivity contribution in [2.75, 3.05) is 0 Å². The van der Waals surface area contributed by atoms with Gasteiger partial charge in [0.15, 0.2) is 0 Å². The summed E-state index contributed by atoms with van der Waals surface area (Å²) >= 11 is 0. The summed E-state index contributed by atoms with van der Waals surface area (Å²) in [4.78, 5) is 0. The van der Waals surface area contributed by atoms with Crippen molar-refractivity contribution in [3.8, 4) is 0 Å². The lowest BCUT2D eigenvalue weighted by molar-refractivity contribution is 0.556. The van der Waals surface area contributed by atoms with Crippen molar-refractivity contribution in [3.05, 3.63) is 41.2 Å². The molecule has 0 unspecified atom stereocenters. The number of halogens is 1. The summed E-state index contributed by atoms with van der Waals surface area (Å²) in [5.41, 5.74) is 2.58. The Balaban J connectivity index is 2.00. The highest BCUT2D eigenvalue weighted by Gasteiger charge is 2.30. The van der Waals surface area contributed by atoms with E-state index in [2.05, 4.69) is 22.3 Å². The Kier molecular flexibility index (Phi) is 3.30. The zero-order valence-corrected chi connectivity index (χ0v) is 12.5. The maximum Gasteiger partial charge on any atom is 0.296 e. The minimum Gasteiger partial charge on any atom is -0.301 e. The average Bonchev–Trinajstić information content (AvgIpc) is 3.00. The summed E-state index contributed by atoms with van der Waals surface area (Å²) in [5.74, 6) is 0.856. The van der Waals surface area contributed by atoms with Crippen LogP contribution in [0.5, 0.6) is 0 Å². The van der Waals surface area contributed by atoms with Crippen LogP contribution in [-0.4, -0.2) is 23.2 Å². The molecule has 0 radical (unpaired) electrons. The van der Waals surface area contributed by atoms with E-state index in [4.69, 9.17) is 10.7 Å². The topological polar surface area (TPSA) is 64.8 Å². The monoisotopic (exact) mass is 311 g/mol. The summed E-state index contributed by atoms with van der Waals surface area (Å²) in [6.07, 6.45) is 1.72. The van der Waals surface area contributed by atoms with Crippen molar-refractivity contribution >= 4 is 19.7 Å². The molecule has 0 N–H and O–H groups in total. The number of fused-ring (bicyclic) bond motifs is 1. The van der Waals surface area contributed by atoms with Crippen LogP contribution in [0.25, 0.3) is 0 Å². The van der Waals surface area contributed by atoms with Crippen molar-refractivity contribution in [1.82, 2.24) is 14.8 Å². The Morgan fingerprint density at radius 1 is 1.25 bits per heavy atom. The predicted octanol–water partition coefficient (Wildman–Crippen LogP) is 2.11. The van der Waals surface area contributed by atoms with Crippen LogP contribution in [0.3, 0.4) is 0 Å². The Morgan fingerprint density at radius 2 is 1.85 bits per heavy atom. The van der Waals surface area contributed by atoms with Crippen molar-refractivity contribution < 1.29 is 8.42 Å². The molecule has 0 aliphatic heterocycles. The van der Waals surface area contributed by atoms with Crippen LogP contribution in [0.1, 0.15) is 29.8 Å². The van der Waals surface area contributed by atoms with Gasteiger partial charge >= 0.3 is 0 Å². The number of benzene rings is 1. The van der Waals surface area contributed by atoms with E-state index in [1.165, 1.54) is 11.1 Å². The van der Waals surface area contributed by atoms with Gasteiger partial charge in [-0.25, -0.2) is 8.42 Å². The molecule has 7 heteroatoms. The molecule has 0 fully saturated rings. The predicted molar refractivity (Wildman–Crippen MR) is 75.3 cm³/mol. The van der Waals surface area contributed by atoms with Crippen molar-refractivity contribution in [2.45, 2.75) is 37.4 Å². The third-order valence-corrected chi connectivity index (χ3v) is 4.85. The minimum absolute atomic E-state index is 0.159. The second kappa shape index (κ2) is 4.86. The molecule has 0 bridgehead atoms. The number of rotatable bonds is 3. The van der Waals surface area contributed by atoms with E-state index in [-0.39, 0.29) is 11.1 Å². The molecule has 1 aliphatic carbocycles. The standard InChI is InChI=1S/C13H14ClN3O2S/c1-2-17-12(15-16-13(17)20(14,18)19)11-7-9-5-3-4-6-10(9)8-11/h3-6,11H,2,7-8H2,1H3. The minimum atomic E-state index is -3.86. The molecule has 0 spiro atoms.